The summed E-state index contributed by atoms with van der Waals surface area (Å²) in [5, 5.41) is 8.40. The second kappa shape index (κ2) is 12.1. The molecule has 2 fully saturated rings. The zero-order chi connectivity index (χ0) is 26.6. The van der Waals surface area contributed by atoms with Gasteiger partial charge < -0.3 is 24.4 Å². The van der Waals surface area contributed by atoms with Crippen LogP contribution in [0.5, 0.6) is 0 Å². The summed E-state index contributed by atoms with van der Waals surface area (Å²) in [6.07, 6.45) is 5.15. The van der Waals surface area contributed by atoms with Crippen molar-refractivity contribution in [3.63, 3.8) is 0 Å². The number of ether oxygens (including phenoxy) is 3. The Morgan fingerprint density at radius 1 is 1.16 bits per heavy atom. The fourth-order valence-corrected chi connectivity index (χ4v) is 6.80. The molecule has 4 rings (SSSR count). The van der Waals surface area contributed by atoms with Crippen LogP contribution in [0.25, 0.3) is 0 Å². The summed E-state index contributed by atoms with van der Waals surface area (Å²) in [5.74, 6) is 0.604. The Bertz CT molecular complexity index is 901. The molecule has 2 aliphatic heterocycles. The molecule has 0 bridgehead atoms. The number of methoxy groups -OCH3 is 2. The average Bonchev–Trinajstić information content (AvgIpc) is 3.41. The third kappa shape index (κ3) is 6.22. The van der Waals surface area contributed by atoms with E-state index in [9.17, 15) is 4.79 Å². The van der Waals surface area contributed by atoms with Gasteiger partial charge in [-0.2, -0.15) is 5.10 Å². The first-order valence-electron chi connectivity index (χ1n) is 14.1. The second-order valence-corrected chi connectivity index (χ2v) is 12.1. The molecule has 37 heavy (non-hydrogen) atoms. The van der Waals surface area contributed by atoms with Gasteiger partial charge in [0.15, 0.2) is 0 Å². The Labute approximate surface area is 223 Å². The molecular weight excluding hydrogens is 470 g/mol. The van der Waals surface area contributed by atoms with E-state index in [1.54, 1.807) is 14.2 Å². The van der Waals surface area contributed by atoms with E-state index in [1.165, 1.54) is 17.0 Å². The van der Waals surface area contributed by atoms with E-state index in [0.717, 1.165) is 71.5 Å². The molecule has 1 aliphatic carbocycles. The molecule has 9 nitrogen and oxygen atoms in total. The molecule has 0 spiro atoms. The summed E-state index contributed by atoms with van der Waals surface area (Å²) in [4.78, 5) is 18.0. The smallest absolute Gasteiger partial charge is 0.229 e. The summed E-state index contributed by atoms with van der Waals surface area (Å²) < 4.78 is 19.3. The lowest BCUT2D eigenvalue weighted by atomic mass is 9.69. The van der Waals surface area contributed by atoms with E-state index in [1.807, 2.05) is 7.05 Å². The van der Waals surface area contributed by atoms with Gasteiger partial charge >= 0.3 is 0 Å². The van der Waals surface area contributed by atoms with E-state index in [2.05, 4.69) is 40.7 Å². The minimum Gasteiger partial charge on any atom is -0.384 e. The van der Waals surface area contributed by atoms with Crippen LogP contribution >= 0.6 is 0 Å². The second-order valence-electron chi connectivity index (χ2n) is 12.1. The molecule has 9 heteroatoms. The minimum absolute atomic E-state index is 0.0732. The lowest BCUT2D eigenvalue weighted by Gasteiger charge is -2.40. The van der Waals surface area contributed by atoms with Crippen molar-refractivity contribution in [3.05, 3.63) is 17.0 Å². The quantitative estimate of drug-likeness (QED) is 0.481. The number of carbonyl (C=O) groups excluding carboxylic acids is 1. The maximum Gasteiger partial charge on any atom is 0.229 e. The Morgan fingerprint density at radius 2 is 1.86 bits per heavy atom. The van der Waals surface area contributed by atoms with Crippen LogP contribution in [-0.2, 0) is 38.6 Å². The molecule has 1 aromatic rings. The van der Waals surface area contributed by atoms with Crippen LogP contribution in [0.15, 0.2) is 0 Å². The van der Waals surface area contributed by atoms with E-state index in [0.29, 0.717) is 25.6 Å². The van der Waals surface area contributed by atoms with Crippen molar-refractivity contribution in [3.8, 4) is 0 Å². The van der Waals surface area contributed by atoms with Gasteiger partial charge in [0.2, 0.25) is 5.91 Å². The standard InChI is InChI=1S/C28H49N5O4/c1-27(2)22(9-16-37-27)26(34)32-14-15-33-24(18-32)25(23(30-33)17-31(4)13-12-29-3)21-7-10-28(11-8-21,19-35-5)20-36-6/h21-22,29H,7-20H2,1-6H3. The van der Waals surface area contributed by atoms with Gasteiger partial charge in [-0.25, -0.2) is 0 Å². The first kappa shape index (κ1) is 28.5. The van der Waals surface area contributed by atoms with E-state index in [4.69, 9.17) is 19.3 Å². The Morgan fingerprint density at radius 3 is 2.46 bits per heavy atom. The summed E-state index contributed by atoms with van der Waals surface area (Å²) in [6, 6.07) is 0. The van der Waals surface area contributed by atoms with Crippen molar-refractivity contribution in [2.24, 2.45) is 11.3 Å². The number of carbonyl (C=O) groups is 1. The number of nitrogens with zero attached hydrogens (tertiary/aromatic N) is 4. The summed E-state index contributed by atoms with van der Waals surface area (Å²) >= 11 is 0. The third-order valence-corrected chi connectivity index (χ3v) is 8.95. The number of rotatable bonds is 11. The molecule has 3 aliphatic rings. The predicted octanol–water partition coefficient (Wildman–Crippen LogP) is 2.63. The molecular formula is C28H49N5O4. The highest BCUT2D eigenvalue weighted by Gasteiger charge is 2.44. The Hall–Kier alpha value is -1.52. The molecule has 1 saturated heterocycles. The zero-order valence-corrected chi connectivity index (χ0v) is 24.0. The van der Waals surface area contributed by atoms with E-state index < -0.39 is 5.60 Å². The highest BCUT2D eigenvalue weighted by molar-refractivity contribution is 5.80. The van der Waals surface area contributed by atoms with Crippen LogP contribution in [0.1, 0.15) is 68.8 Å². The van der Waals surface area contributed by atoms with Gasteiger partial charge in [0.25, 0.3) is 0 Å². The molecule has 1 saturated carbocycles. The van der Waals surface area contributed by atoms with Gasteiger partial charge in [0.1, 0.15) is 0 Å². The number of nitrogens with one attached hydrogen (secondary N) is 1. The molecule has 1 atom stereocenters. The molecule has 3 heterocycles. The van der Waals surface area contributed by atoms with Crippen molar-refractivity contribution < 1.29 is 19.0 Å². The Balaban J connectivity index is 1.58. The molecule has 1 N–H and O–H groups in total. The van der Waals surface area contributed by atoms with Crippen LogP contribution in [0.4, 0.5) is 0 Å². The predicted molar refractivity (Wildman–Crippen MR) is 143 cm³/mol. The highest BCUT2D eigenvalue weighted by atomic mass is 16.5. The van der Waals surface area contributed by atoms with E-state index in [-0.39, 0.29) is 17.2 Å². The number of amides is 1. The topological polar surface area (TPSA) is 81.1 Å². The van der Waals surface area contributed by atoms with Crippen LogP contribution in [-0.4, -0.2) is 98.9 Å². The van der Waals surface area contributed by atoms with Crippen molar-refractivity contribution in [1.82, 2.24) is 24.9 Å². The zero-order valence-electron chi connectivity index (χ0n) is 24.0. The van der Waals surface area contributed by atoms with Gasteiger partial charge in [-0.1, -0.05) is 0 Å². The summed E-state index contributed by atoms with van der Waals surface area (Å²) in [7, 11) is 7.74. The van der Waals surface area contributed by atoms with Gasteiger partial charge in [-0.15, -0.1) is 0 Å². The average molecular weight is 520 g/mol. The third-order valence-electron chi connectivity index (χ3n) is 8.95. The molecule has 1 unspecified atom stereocenters. The number of hydrogen-bond acceptors (Lipinski definition) is 7. The van der Waals surface area contributed by atoms with Crippen molar-refractivity contribution >= 4 is 5.91 Å². The van der Waals surface area contributed by atoms with Gasteiger partial charge in [-0.05, 0) is 66.0 Å². The van der Waals surface area contributed by atoms with Gasteiger partial charge in [-0.3, -0.25) is 14.4 Å². The largest absolute Gasteiger partial charge is 0.384 e. The number of fused-ring (bicyclic) bond motifs is 1. The maximum absolute atomic E-state index is 13.6. The lowest BCUT2D eigenvalue weighted by Crippen LogP contribution is -2.46. The normalized spacial score (nSPS) is 23.5. The first-order chi connectivity index (χ1) is 17.7. The van der Waals surface area contributed by atoms with Crippen molar-refractivity contribution in [2.45, 2.75) is 77.1 Å². The van der Waals surface area contributed by atoms with E-state index >= 15 is 0 Å². The minimum atomic E-state index is -0.395. The molecule has 210 valence electrons. The van der Waals surface area contributed by atoms with Crippen molar-refractivity contribution in [1.29, 1.82) is 0 Å². The molecule has 1 amide bonds. The monoisotopic (exact) mass is 519 g/mol. The molecule has 0 radical (unpaired) electrons. The van der Waals surface area contributed by atoms with Crippen LogP contribution in [0.3, 0.4) is 0 Å². The number of aromatic nitrogens is 2. The van der Waals surface area contributed by atoms with Crippen LogP contribution < -0.4 is 5.32 Å². The maximum atomic E-state index is 13.6. The van der Waals surface area contributed by atoms with Crippen LogP contribution in [0, 0.1) is 11.3 Å². The summed E-state index contributed by atoms with van der Waals surface area (Å²) in [6.45, 7) is 11.1. The Kier molecular flexibility index (Phi) is 9.33. The highest BCUT2D eigenvalue weighted by Crippen LogP contribution is 2.46. The SMILES string of the molecule is CNCCN(C)Cc1nn2c(c1C1CCC(COC)(COC)CC1)CN(C(=O)C1CCOC1(C)C)CC2. The molecule has 0 aromatic carbocycles. The number of hydrogen-bond donors (Lipinski definition) is 1. The fourth-order valence-electron chi connectivity index (χ4n) is 6.80. The van der Waals surface area contributed by atoms with Gasteiger partial charge in [0, 0.05) is 58.0 Å². The van der Waals surface area contributed by atoms with Crippen molar-refractivity contribution in [2.75, 3.05) is 67.8 Å². The number of likely N-dealkylation sites (N-methyl/N-ethyl adjacent to an activating group) is 2. The first-order valence-corrected chi connectivity index (χ1v) is 14.1. The summed E-state index contributed by atoms with van der Waals surface area (Å²) in [5.41, 5.74) is 3.51. The molecule has 1 aromatic heterocycles. The lowest BCUT2D eigenvalue weighted by molar-refractivity contribution is -0.141. The fraction of sp³-hybridized carbons (Fsp3) is 0.857. The van der Waals surface area contributed by atoms with Crippen LogP contribution in [0.2, 0.25) is 0 Å². The van der Waals surface area contributed by atoms with Gasteiger partial charge in [0.05, 0.1) is 49.2 Å².